The van der Waals surface area contributed by atoms with E-state index >= 15 is 0 Å². The molecule has 0 radical (unpaired) electrons. The predicted molar refractivity (Wildman–Crippen MR) is 42.4 cm³/mol. The maximum atomic E-state index is 5.49. The lowest BCUT2D eigenvalue weighted by molar-refractivity contribution is 0.321. The first-order valence-corrected chi connectivity index (χ1v) is 4.24. The molecule has 54 valence electrons. The summed E-state index contributed by atoms with van der Waals surface area (Å²) < 4.78 is 0. The molecule has 0 nitrogen and oxygen atoms in total. The first-order chi connectivity index (χ1) is 4.77. The molecule has 2 fully saturated rings. The van der Waals surface area contributed by atoms with E-state index in [1.165, 1.54) is 25.7 Å². The van der Waals surface area contributed by atoms with Gasteiger partial charge in [-0.2, -0.15) is 0 Å². The van der Waals surface area contributed by atoms with Crippen LogP contribution in [0.2, 0.25) is 0 Å². The summed E-state index contributed by atoms with van der Waals surface area (Å²) in [6.07, 6.45) is 10.9. The van der Waals surface area contributed by atoms with Crippen molar-refractivity contribution in [1.82, 2.24) is 0 Å². The SMILES string of the molecule is C#CC12CC(C)CCC1C2. The highest BCUT2D eigenvalue weighted by Gasteiger charge is 2.54. The first kappa shape index (κ1) is 6.28. The summed E-state index contributed by atoms with van der Waals surface area (Å²) in [7, 11) is 0. The molecule has 0 aromatic heterocycles. The predicted octanol–water partition coefficient (Wildman–Crippen LogP) is 2.45. The average Bonchev–Trinajstić information content (AvgIpc) is 2.62. The van der Waals surface area contributed by atoms with E-state index < -0.39 is 0 Å². The Kier molecular flexibility index (Phi) is 1.12. The fraction of sp³-hybridized carbons (Fsp3) is 0.800. The number of terminal acetylenes is 1. The summed E-state index contributed by atoms with van der Waals surface area (Å²) in [5.74, 6) is 4.78. The zero-order valence-corrected chi connectivity index (χ0v) is 6.56. The minimum Gasteiger partial charge on any atom is -0.120 e. The van der Waals surface area contributed by atoms with Crippen molar-refractivity contribution in [2.24, 2.45) is 17.3 Å². The second kappa shape index (κ2) is 1.78. The van der Waals surface area contributed by atoms with Crippen molar-refractivity contribution in [3.8, 4) is 12.3 Å². The van der Waals surface area contributed by atoms with Crippen LogP contribution in [0.3, 0.4) is 0 Å². The Morgan fingerprint density at radius 2 is 2.20 bits per heavy atom. The van der Waals surface area contributed by atoms with E-state index in [1.54, 1.807) is 0 Å². The van der Waals surface area contributed by atoms with Gasteiger partial charge in [-0.3, -0.25) is 0 Å². The van der Waals surface area contributed by atoms with Gasteiger partial charge >= 0.3 is 0 Å². The zero-order chi connectivity index (χ0) is 7.19. The van der Waals surface area contributed by atoms with Crippen LogP contribution in [0.25, 0.3) is 0 Å². The molecule has 3 atom stereocenters. The van der Waals surface area contributed by atoms with E-state index in [-0.39, 0.29) is 0 Å². The van der Waals surface area contributed by atoms with Gasteiger partial charge in [-0.1, -0.05) is 19.3 Å². The van der Waals surface area contributed by atoms with Crippen molar-refractivity contribution in [3.63, 3.8) is 0 Å². The molecule has 10 heavy (non-hydrogen) atoms. The number of rotatable bonds is 0. The Labute approximate surface area is 63.0 Å². The van der Waals surface area contributed by atoms with Crippen LogP contribution >= 0.6 is 0 Å². The second-order valence-electron chi connectivity index (χ2n) is 4.09. The highest BCUT2D eigenvalue weighted by molar-refractivity contribution is 5.21. The summed E-state index contributed by atoms with van der Waals surface area (Å²) in [6.45, 7) is 2.33. The molecule has 0 spiro atoms. The molecule has 0 amide bonds. The normalized spacial score (nSPS) is 51.2. The molecule has 0 aromatic rings. The van der Waals surface area contributed by atoms with Crippen LogP contribution in [0.4, 0.5) is 0 Å². The molecule has 0 heterocycles. The van der Waals surface area contributed by atoms with Crippen molar-refractivity contribution < 1.29 is 0 Å². The van der Waals surface area contributed by atoms with Gasteiger partial charge in [-0.05, 0) is 31.1 Å². The molecule has 2 aliphatic carbocycles. The Hall–Kier alpha value is -0.440. The Morgan fingerprint density at radius 3 is 2.80 bits per heavy atom. The Balaban J connectivity index is 2.10. The van der Waals surface area contributed by atoms with Gasteiger partial charge in [-0.15, -0.1) is 6.42 Å². The van der Waals surface area contributed by atoms with E-state index in [9.17, 15) is 0 Å². The number of fused-ring (bicyclic) bond motifs is 1. The van der Waals surface area contributed by atoms with Crippen LogP contribution in [0.15, 0.2) is 0 Å². The molecule has 2 saturated carbocycles. The van der Waals surface area contributed by atoms with Crippen molar-refractivity contribution in [3.05, 3.63) is 0 Å². The van der Waals surface area contributed by atoms with E-state index in [4.69, 9.17) is 6.42 Å². The molecule has 0 heteroatoms. The van der Waals surface area contributed by atoms with Crippen LogP contribution in [0.5, 0.6) is 0 Å². The van der Waals surface area contributed by atoms with Crippen molar-refractivity contribution >= 4 is 0 Å². The molecule has 0 aliphatic heterocycles. The number of hydrogen-bond donors (Lipinski definition) is 0. The average molecular weight is 134 g/mol. The topological polar surface area (TPSA) is 0 Å². The van der Waals surface area contributed by atoms with Crippen LogP contribution in [0.1, 0.15) is 32.6 Å². The van der Waals surface area contributed by atoms with Crippen LogP contribution < -0.4 is 0 Å². The van der Waals surface area contributed by atoms with Gasteiger partial charge in [0.2, 0.25) is 0 Å². The minimum atomic E-state index is 0.387. The van der Waals surface area contributed by atoms with E-state index in [1.807, 2.05) is 0 Å². The lowest BCUT2D eigenvalue weighted by Crippen LogP contribution is -2.13. The largest absolute Gasteiger partial charge is 0.120 e. The van der Waals surface area contributed by atoms with Crippen LogP contribution in [-0.2, 0) is 0 Å². The molecule has 0 aromatic carbocycles. The second-order valence-corrected chi connectivity index (χ2v) is 4.09. The maximum Gasteiger partial charge on any atom is 0.0346 e. The molecule has 0 saturated heterocycles. The lowest BCUT2D eigenvalue weighted by Gasteiger charge is -2.22. The van der Waals surface area contributed by atoms with Gasteiger partial charge in [0.25, 0.3) is 0 Å². The van der Waals surface area contributed by atoms with Gasteiger partial charge in [0, 0.05) is 5.41 Å². The Morgan fingerprint density at radius 1 is 1.40 bits per heavy atom. The summed E-state index contributed by atoms with van der Waals surface area (Å²) in [4.78, 5) is 0. The summed E-state index contributed by atoms with van der Waals surface area (Å²) in [6, 6.07) is 0. The van der Waals surface area contributed by atoms with Crippen molar-refractivity contribution in [1.29, 1.82) is 0 Å². The molecule has 2 aliphatic rings. The third-order valence-corrected chi connectivity index (χ3v) is 3.24. The maximum absolute atomic E-state index is 5.49. The van der Waals surface area contributed by atoms with Gasteiger partial charge in [0.05, 0.1) is 0 Å². The van der Waals surface area contributed by atoms with E-state index in [2.05, 4.69) is 12.8 Å². The van der Waals surface area contributed by atoms with Gasteiger partial charge < -0.3 is 0 Å². The smallest absolute Gasteiger partial charge is 0.0346 e. The van der Waals surface area contributed by atoms with Gasteiger partial charge in [0.15, 0.2) is 0 Å². The fourth-order valence-electron chi connectivity index (χ4n) is 2.45. The molecule has 3 unspecified atom stereocenters. The quantitative estimate of drug-likeness (QED) is 0.446. The number of hydrogen-bond acceptors (Lipinski definition) is 0. The van der Waals surface area contributed by atoms with Crippen molar-refractivity contribution in [2.45, 2.75) is 32.6 Å². The standard InChI is InChI=1S/C10H14/c1-3-10-6-8(2)4-5-9(10)7-10/h1,8-9H,4-7H2,2H3. The Bertz CT molecular complexity index is 187. The summed E-state index contributed by atoms with van der Waals surface area (Å²) in [5.41, 5.74) is 0.387. The molecular formula is C10H14. The monoisotopic (exact) mass is 134 g/mol. The molecular weight excluding hydrogens is 120 g/mol. The van der Waals surface area contributed by atoms with Gasteiger partial charge in [0.1, 0.15) is 0 Å². The fourth-order valence-corrected chi connectivity index (χ4v) is 2.45. The first-order valence-electron chi connectivity index (χ1n) is 4.24. The van der Waals surface area contributed by atoms with Crippen LogP contribution in [0, 0.1) is 29.6 Å². The molecule has 2 rings (SSSR count). The summed E-state index contributed by atoms with van der Waals surface area (Å²) >= 11 is 0. The highest BCUT2D eigenvalue weighted by atomic mass is 14.6. The third-order valence-electron chi connectivity index (χ3n) is 3.24. The van der Waals surface area contributed by atoms with Gasteiger partial charge in [-0.25, -0.2) is 0 Å². The van der Waals surface area contributed by atoms with E-state index in [0.29, 0.717) is 5.41 Å². The molecule has 0 N–H and O–H groups in total. The molecule has 0 bridgehead atoms. The van der Waals surface area contributed by atoms with E-state index in [0.717, 1.165) is 11.8 Å². The zero-order valence-electron chi connectivity index (χ0n) is 6.56. The highest BCUT2D eigenvalue weighted by Crippen LogP contribution is 2.61. The third kappa shape index (κ3) is 0.700. The lowest BCUT2D eigenvalue weighted by atomic mass is 9.82. The minimum absolute atomic E-state index is 0.387. The van der Waals surface area contributed by atoms with Crippen LogP contribution in [-0.4, -0.2) is 0 Å². The summed E-state index contributed by atoms with van der Waals surface area (Å²) in [5, 5.41) is 0. The van der Waals surface area contributed by atoms with Crippen molar-refractivity contribution in [2.75, 3.05) is 0 Å².